The molecule has 0 saturated carbocycles. The number of carbonyl (C=O) groups is 1. The smallest absolute Gasteiger partial charge is 0.310 e. The molecule has 1 aromatic heterocycles. The van der Waals surface area contributed by atoms with Gasteiger partial charge in [-0.05, 0) is 11.6 Å². The molecule has 0 unspecified atom stereocenters. The van der Waals surface area contributed by atoms with Crippen molar-refractivity contribution in [3.05, 3.63) is 28.6 Å². The van der Waals surface area contributed by atoms with E-state index >= 15 is 0 Å². The molecule has 1 heterocycles. The lowest BCUT2D eigenvalue weighted by Crippen LogP contribution is -2.10. The van der Waals surface area contributed by atoms with Gasteiger partial charge in [0, 0.05) is 5.33 Å². The minimum Gasteiger partial charge on any atom is -0.469 e. The van der Waals surface area contributed by atoms with E-state index in [1.165, 1.54) is 7.11 Å². The van der Waals surface area contributed by atoms with Crippen LogP contribution in [-0.2, 0) is 21.3 Å². The Morgan fingerprint density at radius 2 is 2.33 bits per heavy atom. The normalized spacial score (nSPS) is 10.2. The third-order valence-electron chi connectivity index (χ3n) is 2.25. The summed E-state index contributed by atoms with van der Waals surface area (Å²) in [6.07, 6.45) is -2.97. The minimum absolute atomic E-state index is 0.157. The highest BCUT2D eigenvalue weighted by Gasteiger charge is 2.19. The standard InChI is InChI=1S/C11H9BrF2N2O2/c1-18-10(17)3-6-2-7(11(13)14)9(5-15)16-8(6)4-12/h2,11H,3-4H2,1H3. The van der Waals surface area contributed by atoms with E-state index in [9.17, 15) is 13.6 Å². The van der Waals surface area contributed by atoms with Gasteiger partial charge in [0.1, 0.15) is 11.8 Å². The van der Waals surface area contributed by atoms with Gasteiger partial charge in [-0.25, -0.2) is 13.8 Å². The van der Waals surface area contributed by atoms with Crippen molar-refractivity contribution in [3.8, 4) is 6.07 Å². The highest BCUT2D eigenvalue weighted by atomic mass is 79.9. The zero-order valence-corrected chi connectivity index (χ0v) is 11.0. The molecule has 96 valence electrons. The second-order valence-electron chi connectivity index (χ2n) is 3.33. The second-order valence-corrected chi connectivity index (χ2v) is 3.89. The van der Waals surface area contributed by atoms with Crippen LogP contribution in [0.2, 0.25) is 0 Å². The fraction of sp³-hybridized carbons (Fsp3) is 0.364. The van der Waals surface area contributed by atoms with E-state index in [0.717, 1.165) is 6.07 Å². The van der Waals surface area contributed by atoms with Crippen molar-refractivity contribution >= 4 is 21.9 Å². The van der Waals surface area contributed by atoms with Crippen LogP contribution < -0.4 is 0 Å². The Morgan fingerprint density at radius 3 is 2.78 bits per heavy atom. The van der Waals surface area contributed by atoms with Crippen LogP contribution in [0.15, 0.2) is 6.07 Å². The number of ether oxygens (including phenoxy) is 1. The summed E-state index contributed by atoms with van der Waals surface area (Å²) < 4.78 is 29.9. The zero-order chi connectivity index (χ0) is 13.7. The van der Waals surface area contributed by atoms with Gasteiger partial charge in [-0.3, -0.25) is 4.79 Å². The summed E-state index contributed by atoms with van der Waals surface area (Å²) in [6, 6.07) is 2.75. The van der Waals surface area contributed by atoms with E-state index in [2.05, 4.69) is 25.7 Å². The highest BCUT2D eigenvalue weighted by molar-refractivity contribution is 9.08. The molecule has 0 aliphatic heterocycles. The molecular weight excluding hydrogens is 310 g/mol. The number of nitrogens with zero attached hydrogens (tertiary/aromatic N) is 2. The lowest BCUT2D eigenvalue weighted by Gasteiger charge is -2.10. The number of alkyl halides is 3. The number of pyridine rings is 1. The van der Waals surface area contributed by atoms with Crippen molar-refractivity contribution < 1.29 is 18.3 Å². The number of hydrogen-bond acceptors (Lipinski definition) is 4. The molecule has 4 nitrogen and oxygen atoms in total. The third kappa shape index (κ3) is 3.23. The van der Waals surface area contributed by atoms with E-state index in [4.69, 9.17) is 5.26 Å². The maximum Gasteiger partial charge on any atom is 0.310 e. The van der Waals surface area contributed by atoms with Gasteiger partial charge in [0.05, 0.1) is 24.8 Å². The summed E-state index contributed by atoms with van der Waals surface area (Å²) >= 11 is 3.13. The maximum absolute atomic E-state index is 12.7. The van der Waals surface area contributed by atoms with E-state index in [1.54, 1.807) is 6.07 Å². The molecule has 1 rings (SSSR count). The highest BCUT2D eigenvalue weighted by Crippen LogP contribution is 2.25. The quantitative estimate of drug-likeness (QED) is 0.632. The predicted octanol–water partition coefficient (Wildman–Crippen LogP) is 2.50. The van der Waals surface area contributed by atoms with Crippen molar-refractivity contribution in [2.24, 2.45) is 0 Å². The fourth-order valence-electron chi connectivity index (χ4n) is 1.36. The van der Waals surface area contributed by atoms with Gasteiger partial charge in [0.15, 0.2) is 0 Å². The number of esters is 1. The monoisotopic (exact) mass is 318 g/mol. The van der Waals surface area contributed by atoms with Gasteiger partial charge in [-0.2, -0.15) is 5.26 Å². The molecule has 7 heteroatoms. The van der Waals surface area contributed by atoms with Crippen LogP contribution >= 0.6 is 15.9 Å². The Balaban J connectivity index is 3.28. The molecule has 0 spiro atoms. The van der Waals surface area contributed by atoms with Crippen LogP contribution in [0.5, 0.6) is 0 Å². The Hall–Kier alpha value is -1.55. The Bertz CT molecular complexity index is 501. The molecule has 0 radical (unpaired) electrons. The number of rotatable bonds is 4. The number of methoxy groups -OCH3 is 1. The molecule has 0 aliphatic carbocycles. The molecule has 0 fully saturated rings. The first kappa shape index (κ1) is 14.5. The van der Waals surface area contributed by atoms with Crippen LogP contribution in [-0.4, -0.2) is 18.1 Å². The predicted molar refractivity (Wildman–Crippen MR) is 62.3 cm³/mol. The summed E-state index contributed by atoms with van der Waals surface area (Å²) in [5, 5.41) is 9.01. The van der Waals surface area contributed by atoms with Crippen molar-refractivity contribution in [2.75, 3.05) is 7.11 Å². The summed E-state index contributed by atoms with van der Waals surface area (Å²) in [7, 11) is 1.21. The lowest BCUT2D eigenvalue weighted by atomic mass is 10.1. The van der Waals surface area contributed by atoms with Gasteiger partial charge in [0.25, 0.3) is 6.43 Å². The van der Waals surface area contributed by atoms with Crippen molar-refractivity contribution in [3.63, 3.8) is 0 Å². The number of aromatic nitrogens is 1. The van der Waals surface area contributed by atoms with E-state index in [1.807, 2.05) is 0 Å². The van der Waals surface area contributed by atoms with E-state index in [-0.39, 0.29) is 17.4 Å². The molecule has 0 N–H and O–H groups in total. The van der Waals surface area contributed by atoms with Crippen LogP contribution in [0.4, 0.5) is 8.78 Å². The van der Waals surface area contributed by atoms with Crippen LogP contribution in [0, 0.1) is 11.3 Å². The fourth-order valence-corrected chi connectivity index (χ4v) is 1.85. The first-order valence-electron chi connectivity index (χ1n) is 4.87. The molecule has 0 aliphatic rings. The summed E-state index contributed by atoms with van der Waals surface area (Å²) in [5.74, 6) is -0.552. The third-order valence-corrected chi connectivity index (χ3v) is 2.78. The van der Waals surface area contributed by atoms with Crippen LogP contribution in [0.1, 0.15) is 28.9 Å². The summed E-state index contributed by atoms with van der Waals surface area (Å²) in [4.78, 5) is 15.0. The summed E-state index contributed by atoms with van der Waals surface area (Å²) in [6.45, 7) is 0. The molecule has 18 heavy (non-hydrogen) atoms. The second kappa shape index (κ2) is 6.40. The first-order chi connectivity index (χ1) is 8.53. The minimum atomic E-state index is -2.81. The molecule has 0 atom stereocenters. The maximum atomic E-state index is 12.7. The van der Waals surface area contributed by atoms with Crippen molar-refractivity contribution in [1.29, 1.82) is 5.26 Å². The zero-order valence-electron chi connectivity index (χ0n) is 9.41. The summed E-state index contributed by atoms with van der Waals surface area (Å²) in [5.41, 5.74) is -0.0939. The lowest BCUT2D eigenvalue weighted by molar-refractivity contribution is -0.139. The van der Waals surface area contributed by atoms with Gasteiger partial charge in [-0.1, -0.05) is 15.9 Å². The number of carbonyl (C=O) groups excluding carboxylic acids is 1. The van der Waals surface area contributed by atoms with E-state index < -0.39 is 18.0 Å². The number of hydrogen-bond donors (Lipinski definition) is 0. The largest absolute Gasteiger partial charge is 0.469 e. The Morgan fingerprint density at radius 1 is 1.67 bits per heavy atom. The molecule has 0 aromatic carbocycles. The van der Waals surface area contributed by atoms with Gasteiger partial charge < -0.3 is 4.74 Å². The Kier molecular flexibility index (Phi) is 5.16. The van der Waals surface area contributed by atoms with Gasteiger partial charge in [0.2, 0.25) is 0 Å². The van der Waals surface area contributed by atoms with Crippen molar-refractivity contribution in [2.45, 2.75) is 18.2 Å². The van der Waals surface area contributed by atoms with Crippen molar-refractivity contribution in [1.82, 2.24) is 4.98 Å². The number of nitriles is 1. The van der Waals surface area contributed by atoms with Gasteiger partial charge >= 0.3 is 5.97 Å². The molecule has 0 saturated heterocycles. The van der Waals surface area contributed by atoms with Crippen LogP contribution in [0.25, 0.3) is 0 Å². The van der Waals surface area contributed by atoms with Crippen LogP contribution in [0.3, 0.4) is 0 Å². The van der Waals surface area contributed by atoms with Gasteiger partial charge in [-0.15, -0.1) is 0 Å². The average molecular weight is 319 g/mol. The molecule has 0 bridgehead atoms. The van der Waals surface area contributed by atoms with E-state index in [0.29, 0.717) is 11.3 Å². The Labute approximate surface area is 111 Å². The molecular formula is C11H9BrF2N2O2. The number of halogens is 3. The molecule has 1 aromatic rings. The SMILES string of the molecule is COC(=O)Cc1cc(C(F)F)c(C#N)nc1CBr. The topological polar surface area (TPSA) is 63.0 Å². The average Bonchev–Trinajstić information content (AvgIpc) is 2.37. The molecule has 0 amide bonds. The first-order valence-corrected chi connectivity index (χ1v) is 5.99.